The van der Waals surface area contributed by atoms with Gasteiger partial charge >= 0.3 is 12.5 Å². The molecule has 150 valence electrons. The molecule has 2 aromatic rings. The second-order valence-corrected chi connectivity index (χ2v) is 7.60. The highest BCUT2D eigenvalue weighted by Crippen LogP contribution is 2.49. The number of amides is 1. The fourth-order valence-electron chi connectivity index (χ4n) is 3.75. The molecule has 1 aromatic carbocycles. The number of nitrogens with one attached hydrogen (secondary N) is 1. The number of rotatable bonds is 6. The summed E-state index contributed by atoms with van der Waals surface area (Å²) < 4.78 is 47.5. The first kappa shape index (κ1) is 19.0. The zero-order valence-electron chi connectivity index (χ0n) is 14.7. The van der Waals surface area contributed by atoms with Crippen molar-refractivity contribution in [3.63, 3.8) is 0 Å². The highest BCUT2D eigenvalue weighted by molar-refractivity contribution is 7.07. The van der Waals surface area contributed by atoms with Crippen LogP contribution in [0.5, 0.6) is 11.6 Å². The van der Waals surface area contributed by atoms with Crippen LogP contribution >= 0.6 is 11.3 Å². The number of para-hydroxylation sites is 1. The summed E-state index contributed by atoms with van der Waals surface area (Å²) in [6.07, 6.45) is -5.44. The second kappa shape index (κ2) is 7.59. The lowest BCUT2D eigenvalue weighted by Crippen LogP contribution is -2.36. The zero-order chi connectivity index (χ0) is 19.7. The molecule has 1 saturated heterocycles. The van der Waals surface area contributed by atoms with Crippen LogP contribution in [0.2, 0.25) is 0 Å². The number of aromatic nitrogens is 1. The third-order valence-electron chi connectivity index (χ3n) is 5.12. The van der Waals surface area contributed by atoms with E-state index in [0.717, 1.165) is 13.1 Å². The minimum absolute atomic E-state index is 0.0431. The Morgan fingerprint density at radius 1 is 1.29 bits per heavy atom. The Labute approximate surface area is 163 Å². The largest absolute Gasteiger partial charge is 0.573 e. The summed E-state index contributed by atoms with van der Waals surface area (Å²) in [4.78, 5) is 18.0. The lowest BCUT2D eigenvalue weighted by molar-refractivity contribution is -0.275. The number of benzene rings is 1. The van der Waals surface area contributed by atoms with Crippen molar-refractivity contribution in [2.24, 2.45) is 17.8 Å². The number of ether oxygens (including phenoxy) is 2. The summed E-state index contributed by atoms with van der Waals surface area (Å²) in [5.41, 5.74) is 1.80. The second-order valence-electron chi connectivity index (χ2n) is 6.88. The van der Waals surface area contributed by atoms with E-state index < -0.39 is 12.5 Å². The van der Waals surface area contributed by atoms with Gasteiger partial charge in [-0.25, -0.2) is 9.78 Å². The van der Waals surface area contributed by atoms with Gasteiger partial charge in [-0.2, -0.15) is 0 Å². The first-order chi connectivity index (χ1) is 13.4. The van der Waals surface area contributed by atoms with Gasteiger partial charge in [0.1, 0.15) is 5.75 Å². The molecule has 10 heteroatoms. The Bertz CT molecular complexity index is 821. The van der Waals surface area contributed by atoms with Crippen LogP contribution in [0.1, 0.15) is 5.56 Å². The van der Waals surface area contributed by atoms with E-state index >= 15 is 0 Å². The molecule has 2 fully saturated rings. The summed E-state index contributed by atoms with van der Waals surface area (Å²) in [5.74, 6) is 1.17. The summed E-state index contributed by atoms with van der Waals surface area (Å²) in [5, 5.41) is 4.88. The molecule has 2 heterocycles. The highest BCUT2D eigenvalue weighted by atomic mass is 32.1. The van der Waals surface area contributed by atoms with Crippen molar-refractivity contribution in [2.45, 2.75) is 12.9 Å². The van der Waals surface area contributed by atoms with E-state index in [-0.39, 0.29) is 23.7 Å². The third-order valence-corrected chi connectivity index (χ3v) is 5.68. The van der Waals surface area contributed by atoms with Crippen molar-refractivity contribution in [3.05, 3.63) is 40.7 Å². The Morgan fingerprint density at radius 3 is 2.71 bits per heavy atom. The maximum absolute atomic E-state index is 12.7. The number of piperidine rings is 1. The number of hydrogen-bond donors (Lipinski definition) is 1. The number of fused-ring (bicyclic) bond motifs is 1. The predicted molar refractivity (Wildman–Crippen MR) is 95.0 cm³/mol. The van der Waals surface area contributed by atoms with Crippen LogP contribution in [0.15, 0.2) is 35.2 Å². The summed E-state index contributed by atoms with van der Waals surface area (Å²) >= 11 is 1.29. The molecule has 1 amide bonds. The molecule has 0 radical (unpaired) electrons. The fourth-order valence-corrected chi connectivity index (χ4v) is 4.20. The quantitative estimate of drug-likeness (QED) is 0.785. The minimum atomic E-state index is -4.80. The third kappa shape index (κ3) is 4.39. The number of carbonyl (C=O) groups excluding carboxylic acids is 1. The molecule has 2 unspecified atom stereocenters. The van der Waals surface area contributed by atoms with E-state index in [1.54, 1.807) is 11.4 Å². The van der Waals surface area contributed by atoms with Gasteiger partial charge in [-0.05, 0) is 36.9 Å². The van der Waals surface area contributed by atoms with Gasteiger partial charge < -0.3 is 19.7 Å². The Morgan fingerprint density at radius 2 is 2.04 bits per heavy atom. The van der Waals surface area contributed by atoms with Crippen LogP contribution in [-0.2, 0) is 6.54 Å². The summed E-state index contributed by atoms with van der Waals surface area (Å²) in [7, 11) is 0. The van der Waals surface area contributed by atoms with Crippen LogP contribution in [0.3, 0.4) is 0 Å². The maximum Gasteiger partial charge on any atom is 0.573 e. The Balaban J connectivity index is 1.51. The molecular weight excluding hydrogens is 395 g/mol. The van der Waals surface area contributed by atoms with Gasteiger partial charge in [0, 0.05) is 12.1 Å². The van der Waals surface area contributed by atoms with Gasteiger partial charge in [0.2, 0.25) is 5.88 Å². The van der Waals surface area contributed by atoms with E-state index in [0.29, 0.717) is 24.3 Å². The van der Waals surface area contributed by atoms with Crippen molar-refractivity contribution in [2.75, 3.05) is 19.6 Å². The molecule has 2 aliphatic rings. The monoisotopic (exact) mass is 413 g/mol. The minimum Gasteiger partial charge on any atom is -0.405 e. The number of halogens is 3. The smallest absolute Gasteiger partial charge is 0.405 e. The summed E-state index contributed by atoms with van der Waals surface area (Å²) in [6, 6.07) is 5.82. The van der Waals surface area contributed by atoms with E-state index in [4.69, 9.17) is 4.74 Å². The Kier molecular flexibility index (Phi) is 5.15. The van der Waals surface area contributed by atoms with Crippen LogP contribution < -0.4 is 14.8 Å². The molecule has 0 spiro atoms. The molecule has 4 rings (SSSR count). The molecule has 1 saturated carbocycles. The van der Waals surface area contributed by atoms with Gasteiger partial charge in [0.05, 0.1) is 17.4 Å². The lowest BCUT2D eigenvalue weighted by atomic mass is 10.1. The van der Waals surface area contributed by atoms with Crippen molar-refractivity contribution in [1.82, 2.24) is 15.2 Å². The SMILES string of the molecule is O=C(Oc1cscn1)N(Cc1ccccc1OC(F)(F)F)CC1C2CNCC21. The molecule has 0 bridgehead atoms. The maximum atomic E-state index is 12.7. The van der Waals surface area contributed by atoms with Gasteiger partial charge in [-0.3, -0.25) is 0 Å². The molecule has 6 nitrogen and oxygen atoms in total. The number of alkyl halides is 3. The molecule has 1 aromatic heterocycles. The highest BCUT2D eigenvalue weighted by Gasteiger charge is 2.53. The average molecular weight is 413 g/mol. The van der Waals surface area contributed by atoms with Gasteiger partial charge in [0.25, 0.3) is 0 Å². The standard InChI is InChI=1S/C18H18F3N3O3S/c19-18(20,21)27-15-4-2-1-3-11(15)7-24(8-14-12-5-22-6-13(12)14)17(25)26-16-9-28-10-23-16/h1-4,9-10,12-14,22H,5-8H2. The fraction of sp³-hybridized carbons (Fsp3) is 0.444. The van der Waals surface area contributed by atoms with Crippen molar-refractivity contribution in [1.29, 1.82) is 0 Å². The van der Waals surface area contributed by atoms with E-state index in [9.17, 15) is 18.0 Å². The number of thiazole rings is 1. The molecule has 2 atom stereocenters. The number of hydrogen-bond acceptors (Lipinski definition) is 6. The van der Waals surface area contributed by atoms with Crippen molar-refractivity contribution >= 4 is 17.4 Å². The van der Waals surface area contributed by atoms with Crippen molar-refractivity contribution < 1.29 is 27.4 Å². The van der Waals surface area contributed by atoms with Crippen LogP contribution in [0.4, 0.5) is 18.0 Å². The normalized spacial score (nSPS) is 23.2. The molecule has 1 N–H and O–H groups in total. The van der Waals surface area contributed by atoms with Gasteiger partial charge in [0.15, 0.2) is 0 Å². The topological polar surface area (TPSA) is 63.7 Å². The Hall–Kier alpha value is -2.33. The van der Waals surface area contributed by atoms with Crippen LogP contribution in [0.25, 0.3) is 0 Å². The molecule has 1 aliphatic heterocycles. The lowest BCUT2D eigenvalue weighted by Gasteiger charge is -2.24. The summed E-state index contributed by atoms with van der Waals surface area (Å²) in [6.45, 7) is 2.18. The van der Waals surface area contributed by atoms with E-state index in [1.807, 2.05) is 0 Å². The van der Waals surface area contributed by atoms with E-state index in [1.165, 1.54) is 39.9 Å². The molecule has 28 heavy (non-hydrogen) atoms. The first-order valence-electron chi connectivity index (χ1n) is 8.80. The molecule has 1 aliphatic carbocycles. The average Bonchev–Trinajstić information content (AvgIpc) is 3.03. The van der Waals surface area contributed by atoms with Gasteiger partial charge in [-0.15, -0.1) is 24.5 Å². The van der Waals surface area contributed by atoms with Crippen molar-refractivity contribution in [3.8, 4) is 11.6 Å². The van der Waals surface area contributed by atoms with E-state index in [2.05, 4.69) is 15.0 Å². The first-order valence-corrected chi connectivity index (χ1v) is 9.74. The van der Waals surface area contributed by atoms with Crippen LogP contribution in [0, 0.1) is 17.8 Å². The predicted octanol–water partition coefficient (Wildman–Crippen LogP) is 3.51. The zero-order valence-corrected chi connectivity index (χ0v) is 15.5. The van der Waals surface area contributed by atoms with Crippen LogP contribution in [-0.4, -0.2) is 42.0 Å². The number of carbonyl (C=O) groups is 1. The molecular formula is C18H18F3N3O3S. The van der Waals surface area contributed by atoms with Gasteiger partial charge in [-0.1, -0.05) is 18.2 Å². The number of nitrogens with zero attached hydrogens (tertiary/aromatic N) is 2.